The second-order valence-electron chi connectivity index (χ2n) is 8.44. The van der Waals surface area contributed by atoms with Gasteiger partial charge in [-0.1, -0.05) is 18.6 Å². The SMILES string of the molecule is CN1CCC(NCc2ccc(N3C(N)=NC(N)=NC34CCCCC4)cc2)CC1. The maximum atomic E-state index is 6.31. The minimum absolute atomic E-state index is 0.301. The van der Waals surface area contributed by atoms with E-state index in [-0.39, 0.29) is 5.66 Å². The lowest BCUT2D eigenvalue weighted by Crippen LogP contribution is -2.58. The molecular formula is C21H33N7. The molecule has 1 aliphatic carbocycles. The van der Waals surface area contributed by atoms with E-state index in [0.717, 1.165) is 37.9 Å². The highest BCUT2D eigenvalue weighted by Crippen LogP contribution is 2.39. The number of nitrogens with two attached hydrogens (primary N) is 2. The molecule has 2 heterocycles. The molecule has 2 aliphatic heterocycles. The van der Waals surface area contributed by atoms with Crippen molar-refractivity contribution in [2.75, 3.05) is 25.0 Å². The van der Waals surface area contributed by atoms with Crippen molar-refractivity contribution >= 4 is 17.6 Å². The van der Waals surface area contributed by atoms with Gasteiger partial charge in [0.2, 0.25) is 11.9 Å². The molecule has 1 aromatic carbocycles. The number of guanidine groups is 2. The highest BCUT2D eigenvalue weighted by molar-refractivity contribution is 6.05. The van der Waals surface area contributed by atoms with Crippen LogP contribution in [0.3, 0.4) is 0 Å². The van der Waals surface area contributed by atoms with Crippen LogP contribution in [0.2, 0.25) is 0 Å². The second-order valence-corrected chi connectivity index (χ2v) is 8.44. The number of benzene rings is 1. The topological polar surface area (TPSA) is 95.3 Å². The van der Waals surface area contributed by atoms with Gasteiger partial charge in [0.05, 0.1) is 0 Å². The molecule has 0 aromatic heterocycles. The monoisotopic (exact) mass is 383 g/mol. The smallest absolute Gasteiger partial charge is 0.220 e. The Morgan fingerprint density at radius 3 is 2.43 bits per heavy atom. The summed E-state index contributed by atoms with van der Waals surface area (Å²) >= 11 is 0. The number of hydrogen-bond donors (Lipinski definition) is 3. The number of nitrogens with one attached hydrogen (secondary N) is 1. The minimum Gasteiger partial charge on any atom is -0.369 e. The molecule has 0 unspecified atom stereocenters. The third-order valence-electron chi connectivity index (χ3n) is 6.36. The predicted molar refractivity (Wildman–Crippen MR) is 115 cm³/mol. The Morgan fingerprint density at radius 1 is 1.07 bits per heavy atom. The first-order valence-electron chi connectivity index (χ1n) is 10.6. The average Bonchev–Trinajstić information content (AvgIpc) is 2.68. The van der Waals surface area contributed by atoms with Crippen LogP contribution in [-0.2, 0) is 6.54 Å². The van der Waals surface area contributed by atoms with Gasteiger partial charge in [0.1, 0.15) is 5.66 Å². The summed E-state index contributed by atoms with van der Waals surface area (Å²) in [5.74, 6) is 0.751. The Hall–Kier alpha value is -2.12. The fourth-order valence-electron chi connectivity index (χ4n) is 4.73. The first-order valence-corrected chi connectivity index (χ1v) is 10.6. The van der Waals surface area contributed by atoms with Crippen molar-refractivity contribution in [1.82, 2.24) is 10.2 Å². The van der Waals surface area contributed by atoms with Gasteiger partial charge in [0.25, 0.3) is 0 Å². The molecule has 1 aromatic rings. The van der Waals surface area contributed by atoms with Gasteiger partial charge in [-0.25, -0.2) is 4.99 Å². The molecule has 28 heavy (non-hydrogen) atoms. The first kappa shape index (κ1) is 19.2. The molecular weight excluding hydrogens is 350 g/mol. The highest BCUT2D eigenvalue weighted by atomic mass is 15.4. The average molecular weight is 384 g/mol. The van der Waals surface area contributed by atoms with Gasteiger partial charge in [-0.05, 0) is 76.4 Å². The maximum Gasteiger partial charge on any atom is 0.220 e. The van der Waals surface area contributed by atoms with Crippen molar-refractivity contribution in [3.8, 4) is 0 Å². The van der Waals surface area contributed by atoms with Crippen LogP contribution >= 0.6 is 0 Å². The summed E-state index contributed by atoms with van der Waals surface area (Å²) in [6.07, 6.45) is 7.88. The van der Waals surface area contributed by atoms with Crippen molar-refractivity contribution in [2.45, 2.75) is 63.2 Å². The van der Waals surface area contributed by atoms with Gasteiger partial charge >= 0.3 is 0 Å². The Kier molecular flexibility index (Phi) is 5.55. The van der Waals surface area contributed by atoms with Crippen LogP contribution in [0.4, 0.5) is 5.69 Å². The van der Waals surface area contributed by atoms with Gasteiger partial charge in [-0.2, -0.15) is 4.99 Å². The zero-order valence-electron chi connectivity index (χ0n) is 16.9. The van der Waals surface area contributed by atoms with E-state index in [4.69, 9.17) is 16.5 Å². The lowest BCUT2D eigenvalue weighted by molar-refractivity contribution is 0.234. The van der Waals surface area contributed by atoms with E-state index in [1.54, 1.807) is 0 Å². The molecule has 152 valence electrons. The van der Waals surface area contributed by atoms with Crippen molar-refractivity contribution < 1.29 is 0 Å². The van der Waals surface area contributed by atoms with Gasteiger partial charge in [0.15, 0.2) is 0 Å². The van der Waals surface area contributed by atoms with Crippen molar-refractivity contribution in [2.24, 2.45) is 21.5 Å². The second kappa shape index (κ2) is 8.09. The lowest BCUT2D eigenvalue weighted by Gasteiger charge is -2.45. The number of hydrogen-bond acceptors (Lipinski definition) is 7. The fourth-order valence-corrected chi connectivity index (χ4v) is 4.73. The van der Waals surface area contributed by atoms with Gasteiger partial charge < -0.3 is 21.7 Å². The maximum absolute atomic E-state index is 6.31. The van der Waals surface area contributed by atoms with Crippen LogP contribution < -0.4 is 21.7 Å². The van der Waals surface area contributed by atoms with Crippen LogP contribution in [0.15, 0.2) is 34.3 Å². The predicted octanol–water partition coefficient (Wildman–Crippen LogP) is 1.98. The van der Waals surface area contributed by atoms with Gasteiger partial charge in [-0.15, -0.1) is 0 Å². The van der Waals surface area contributed by atoms with Gasteiger partial charge in [0, 0.05) is 18.3 Å². The number of likely N-dealkylation sites (tertiary alicyclic amines) is 1. The van der Waals surface area contributed by atoms with E-state index >= 15 is 0 Å². The summed E-state index contributed by atoms with van der Waals surface area (Å²) < 4.78 is 0. The van der Waals surface area contributed by atoms with Crippen molar-refractivity contribution in [3.63, 3.8) is 0 Å². The largest absolute Gasteiger partial charge is 0.369 e. The molecule has 0 radical (unpaired) electrons. The van der Waals surface area contributed by atoms with Crippen LogP contribution in [-0.4, -0.2) is 48.7 Å². The van der Waals surface area contributed by atoms with E-state index in [2.05, 4.69) is 51.4 Å². The molecule has 7 heteroatoms. The van der Waals surface area contributed by atoms with Crippen LogP contribution in [0.25, 0.3) is 0 Å². The Morgan fingerprint density at radius 2 is 1.75 bits per heavy atom. The summed E-state index contributed by atoms with van der Waals surface area (Å²) in [4.78, 5) is 13.5. The van der Waals surface area contributed by atoms with Crippen molar-refractivity contribution in [1.29, 1.82) is 0 Å². The third kappa shape index (κ3) is 4.00. The standard InChI is InChI=1S/C21H33N7/c1-27-13-9-17(10-14-27)24-15-16-5-7-18(8-6-16)28-20(23)25-19(22)26-21(28)11-3-2-4-12-21/h5-8,17,24H,2-4,9-15H2,1H3,(H4,22,23,25,26). The van der Waals surface area contributed by atoms with Crippen molar-refractivity contribution in [3.05, 3.63) is 29.8 Å². The molecule has 5 N–H and O–H groups in total. The number of anilines is 1. The number of piperidine rings is 1. The van der Waals surface area contributed by atoms with Crippen LogP contribution in [0.5, 0.6) is 0 Å². The van der Waals surface area contributed by atoms with Gasteiger partial charge in [-0.3, -0.25) is 4.90 Å². The fraction of sp³-hybridized carbons (Fsp3) is 0.619. The number of rotatable bonds is 4. The summed E-state index contributed by atoms with van der Waals surface area (Å²) in [5, 5.41) is 3.70. The van der Waals surface area contributed by atoms with E-state index in [1.165, 1.54) is 37.9 Å². The zero-order chi connectivity index (χ0) is 19.6. The third-order valence-corrected chi connectivity index (χ3v) is 6.36. The molecule has 7 nitrogen and oxygen atoms in total. The Bertz CT molecular complexity index is 726. The number of nitrogens with zero attached hydrogens (tertiary/aromatic N) is 4. The van der Waals surface area contributed by atoms with E-state index in [9.17, 15) is 0 Å². The normalized spacial score (nSPS) is 23.5. The Balaban J connectivity index is 1.45. The molecule has 1 saturated carbocycles. The highest BCUT2D eigenvalue weighted by Gasteiger charge is 2.42. The lowest BCUT2D eigenvalue weighted by atomic mass is 9.87. The molecule has 1 spiro atoms. The van der Waals surface area contributed by atoms with E-state index in [1.807, 2.05) is 0 Å². The van der Waals surface area contributed by atoms with Crippen LogP contribution in [0, 0.1) is 0 Å². The molecule has 4 rings (SSSR count). The summed E-state index contributed by atoms with van der Waals surface area (Å²) in [6, 6.07) is 9.26. The molecule has 0 bridgehead atoms. The number of aliphatic imine (C=N–C) groups is 2. The molecule has 1 saturated heterocycles. The molecule has 3 aliphatic rings. The molecule has 0 amide bonds. The summed E-state index contributed by atoms with van der Waals surface area (Å²) in [5.41, 5.74) is 14.2. The van der Waals surface area contributed by atoms with E-state index in [0.29, 0.717) is 18.0 Å². The Labute approximate surface area is 167 Å². The minimum atomic E-state index is -0.373. The zero-order valence-corrected chi connectivity index (χ0v) is 16.9. The van der Waals surface area contributed by atoms with Crippen LogP contribution in [0.1, 0.15) is 50.5 Å². The first-order chi connectivity index (χ1) is 13.6. The quantitative estimate of drug-likeness (QED) is 0.739. The van der Waals surface area contributed by atoms with E-state index < -0.39 is 0 Å². The molecule has 2 fully saturated rings. The summed E-state index contributed by atoms with van der Waals surface area (Å²) in [7, 11) is 2.20. The summed E-state index contributed by atoms with van der Waals surface area (Å²) in [6.45, 7) is 3.25. The molecule has 0 atom stereocenters.